The first-order chi connectivity index (χ1) is 16.9. The van der Waals surface area contributed by atoms with Gasteiger partial charge in [-0.3, -0.25) is 14.4 Å². The van der Waals surface area contributed by atoms with Gasteiger partial charge in [0.2, 0.25) is 0 Å². The Bertz CT molecular complexity index is 1410. The number of ether oxygens (including phenoxy) is 1. The van der Waals surface area contributed by atoms with Crippen LogP contribution in [0.25, 0.3) is 10.8 Å². The van der Waals surface area contributed by atoms with Crippen molar-refractivity contribution in [3.8, 4) is 5.75 Å². The van der Waals surface area contributed by atoms with Gasteiger partial charge in [0.05, 0.1) is 5.56 Å². The predicted octanol–water partition coefficient (Wildman–Crippen LogP) is 4.78. The monoisotopic (exact) mass is 467 g/mol. The van der Waals surface area contributed by atoms with E-state index < -0.39 is 5.91 Å². The molecule has 176 valence electrons. The van der Waals surface area contributed by atoms with Crippen LogP contribution in [0, 0.1) is 6.92 Å². The largest absolute Gasteiger partial charge is 0.483 e. The number of rotatable bonds is 7. The van der Waals surface area contributed by atoms with Gasteiger partial charge >= 0.3 is 0 Å². The highest BCUT2D eigenvalue weighted by Crippen LogP contribution is 2.28. The fraction of sp³-hybridized carbons (Fsp3) is 0.107. The van der Waals surface area contributed by atoms with Crippen molar-refractivity contribution in [3.05, 3.63) is 102 Å². The van der Waals surface area contributed by atoms with Crippen molar-refractivity contribution in [1.82, 2.24) is 5.32 Å². The molecule has 0 atom stereocenters. The van der Waals surface area contributed by atoms with Gasteiger partial charge in [-0.05, 0) is 59.7 Å². The van der Waals surface area contributed by atoms with E-state index in [9.17, 15) is 14.4 Å². The standard InChI is InChI=1S/C28H25N3O4/c1-18-8-3-6-13-24(18)31-28(34)23-15-19-9-4-5-10-20(19)16-25(23)35-17-26(32)30-22-12-7-11-21(14-22)27(33)29-2/h3-16H,17H2,1-2H3,(H,29,33)(H,30,32)(H,31,34). The van der Waals surface area contributed by atoms with Crippen LogP contribution in [-0.4, -0.2) is 31.4 Å². The Hall–Kier alpha value is -4.65. The molecule has 7 heteroatoms. The second kappa shape index (κ2) is 10.5. The third-order valence-electron chi connectivity index (χ3n) is 5.48. The predicted molar refractivity (Wildman–Crippen MR) is 137 cm³/mol. The quantitative estimate of drug-likeness (QED) is 0.365. The third-order valence-corrected chi connectivity index (χ3v) is 5.48. The summed E-state index contributed by atoms with van der Waals surface area (Å²) in [4.78, 5) is 37.6. The summed E-state index contributed by atoms with van der Waals surface area (Å²) in [6, 6.07) is 25.2. The van der Waals surface area contributed by atoms with Gasteiger partial charge in [0.25, 0.3) is 17.7 Å². The second-order valence-corrected chi connectivity index (χ2v) is 7.96. The van der Waals surface area contributed by atoms with Crippen molar-refractivity contribution in [3.63, 3.8) is 0 Å². The van der Waals surface area contributed by atoms with E-state index >= 15 is 0 Å². The van der Waals surface area contributed by atoms with E-state index in [1.807, 2.05) is 55.5 Å². The number of nitrogens with one attached hydrogen (secondary N) is 3. The SMILES string of the molecule is CNC(=O)c1cccc(NC(=O)COc2cc3ccccc3cc2C(=O)Nc2ccccc2C)c1. The molecule has 0 aromatic heterocycles. The number of carbonyl (C=O) groups excluding carboxylic acids is 3. The lowest BCUT2D eigenvalue weighted by Gasteiger charge is -2.14. The van der Waals surface area contributed by atoms with Crippen molar-refractivity contribution in [2.24, 2.45) is 0 Å². The lowest BCUT2D eigenvalue weighted by Crippen LogP contribution is -2.22. The van der Waals surface area contributed by atoms with Crippen LogP contribution in [0.15, 0.2) is 84.9 Å². The molecule has 0 aliphatic rings. The molecule has 3 N–H and O–H groups in total. The van der Waals surface area contributed by atoms with Crippen LogP contribution >= 0.6 is 0 Å². The van der Waals surface area contributed by atoms with E-state index in [1.165, 1.54) is 7.05 Å². The molecule has 3 amide bonds. The molecule has 4 rings (SSSR count). The molecule has 4 aromatic rings. The molecule has 7 nitrogen and oxygen atoms in total. The van der Waals surface area contributed by atoms with Crippen LogP contribution in [0.4, 0.5) is 11.4 Å². The Balaban J connectivity index is 1.54. The first-order valence-electron chi connectivity index (χ1n) is 11.1. The van der Waals surface area contributed by atoms with Gasteiger partial charge in [0.1, 0.15) is 5.75 Å². The van der Waals surface area contributed by atoms with Crippen molar-refractivity contribution in [2.75, 3.05) is 24.3 Å². The van der Waals surface area contributed by atoms with Crippen molar-refractivity contribution < 1.29 is 19.1 Å². The molecule has 0 saturated carbocycles. The summed E-state index contributed by atoms with van der Waals surface area (Å²) in [5.41, 5.74) is 2.85. The second-order valence-electron chi connectivity index (χ2n) is 7.96. The Kier molecular flexibility index (Phi) is 7.07. The lowest BCUT2D eigenvalue weighted by molar-refractivity contribution is -0.118. The summed E-state index contributed by atoms with van der Waals surface area (Å²) in [5, 5.41) is 9.95. The first kappa shape index (κ1) is 23.5. The molecule has 0 fully saturated rings. The maximum Gasteiger partial charge on any atom is 0.262 e. The number of anilines is 2. The van der Waals surface area contributed by atoms with E-state index in [0.29, 0.717) is 28.3 Å². The van der Waals surface area contributed by atoms with Gasteiger partial charge in [-0.25, -0.2) is 0 Å². The number of benzene rings is 4. The Morgan fingerprint density at radius 2 is 1.49 bits per heavy atom. The Morgan fingerprint density at radius 3 is 2.23 bits per heavy atom. The van der Waals surface area contributed by atoms with Gasteiger partial charge in [0, 0.05) is 24.0 Å². The van der Waals surface area contributed by atoms with Crippen LogP contribution in [0.5, 0.6) is 5.75 Å². The fourth-order valence-electron chi connectivity index (χ4n) is 3.64. The fourth-order valence-corrected chi connectivity index (χ4v) is 3.64. The molecular formula is C28H25N3O4. The number of carbonyl (C=O) groups is 3. The van der Waals surface area contributed by atoms with E-state index in [4.69, 9.17) is 4.74 Å². The number of fused-ring (bicyclic) bond motifs is 1. The van der Waals surface area contributed by atoms with Crippen molar-refractivity contribution >= 4 is 39.9 Å². The highest BCUT2D eigenvalue weighted by atomic mass is 16.5. The maximum atomic E-state index is 13.2. The van der Waals surface area contributed by atoms with E-state index in [-0.39, 0.29) is 18.4 Å². The zero-order valence-electron chi connectivity index (χ0n) is 19.4. The number of para-hydroxylation sites is 1. The Morgan fingerprint density at radius 1 is 0.771 bits per heavy atom. The van der Waals surface area contributed by atoms with E-state index in [1.54, 1.807) is 36.4 Å². The molecule has 0 heterocycles. The van der Waals surface area contributed by atoms with Crippen LogP contribution in [0.1, 0.15) is 26.3 Å². The summed E-state index contributed by atoms with van der Waals surface area (Å²) < 4.78 is 5.82. The molecule has 35 heavy (non-hydrogen) atoms. The average molecular weight is 468 g/mol. The van der Waals surface area contributed by atoms with Crippen LogP contribution in [0.2, 0.25) is 0 Å². The van der Waals surface area contributed by atoms with Crippen LogP contribution in [-0.2, 0) is 4.79 Å². The summed E-state index contributed by atoms with van der Waals surface area (Å²) >= 11 is 0. The molecule has 0 bridgehead atoms. The summed E-state index contributed by atoms with van der Waals surface area (Å²) in [7, 11) is 1.54. The number of amides is 3. The molecule has 0 saturated heterocycles. The molecule has 0 aliphatic heterocycles. The topological polar surface area (TPSA) is 96.5 Å². The lowest BCUT2D eigenvalue weighted by atomic mass is 10.0. The van der Waals surface area contributed by atoms with Crippen molar-refractivity contribution in [1.29, 1.82) is 0 Å². The third kappa shape index (κ3) is 5.65. The minimum Gasteiger partial charge on any atom is -0.483 e. The van der Waals surface area contributed by atoms with E-state index in [0.717, 1.165) is 16.3 Å². The molecule has 0 radical (unpaired) electrons. The Labute approximate surface area is 203 Å². The number of hydrogen-bond donors (Lipinski definition) is 3. The molecular weight excluding hydrogens is 442 g/mol. The smallest absolute Gasteiger partial charge is 0.262 e. The van der Waals surface area contributed by atoms with Crippen LogP contribution in [0.3, 0.4) is 0 Å². The summed E-state index contributed by atoms with van der Waals surface area (Å²) in [6.45, 7) is 1.60. The molecule has 0 spiro atoms. The van der Waals surface area contributed by atoms with E-state index in [2.05, 4.69) is 16.0 Å². The normalized spacial score (nSPS) is 10.5. The zero-order chi connectivity index (χ0) is 24.8. The highest BCUT2D eigenvalue weighted by Gasteiger charge is 2.17. The van der Waals surface area contributed by atoms with Gasteiger partial charge in [0.15, 0.2) is 6.61 Å². The van der Waals surface area contributed by atoms with Crippen molar-refractivity contribution in [2.45, 2.75) is 6.92 Å². The van der Waals surface area contributed by atoms with Gasteiger partial charge in [-0.2, -0.15) is 0 Å². The average Bonchev–Trinajstić information content (AvgIpc) is 2.87. The van der Waals surface area contributed by atoms with Gasteiger partial charge < -0.3 is 20.7 Å². The molecule has 4 aromatic carbocycles. The van der Waals surface area contributed by atoms with Gasteiger partial charge in [-0.15, -0.1) is 0 Å². The highest BCUT2D eigenvalue weighted by molar-refractivity contribution is 6.09. The molecule has 0 aliphatic carbocycles. The number of hydrogen-bond acceptors (Lipinski definition) is 4. The summed E-state index contributed by atoms with van der Waals surface area (Å²) in [6.07, 6.45) is 0. The minimum absolute atomic E-state index is 0.252. The summed E-state index contributed by atoms with van der Waals surface area (Å²) in [5.74, 6) is -0.710. The van der Waals surface area contributed by atoms with Crippen LogP contribution < -0.4 is 20.7 Å². The molecule has 0 unspecified atom stereocenters. The minimum atomic E-state index is -0.419. The zero-order valence-corrected chi connectivity index (χ0v) is 19.4. The maximum absolute atomic E-state index is 13.2. The van der Waals surface area contributed by atoms with Gasteiger partial charge in [-0.1, -0.05) is 48.5 Å². The number of aryl methyl sites for hydroxylation is 1. The first-order valence-corrected chi connectivity index (χ1v) is 11.1.